The number of carbonyl (C=O) groups is 3. The summed E-state index contributed by atoms with van der Waals surface area (Å²) in [4.78, 5) is 47.3. The molecule has 1 aliphatic rings. The minimum atomic E-state index is -0.931. The Labute approximate surface area is 150 Å². The van der Waals surface area contributed by atoms with Crippen LogP contribution in [-0.2, 0) is 9.59 Å². The van der Waals surface area contributed by atoms with Gasteiger partial charge in [-0.1, -0.05) is 6.92 Å². The molecule has 0 aromatic heterocycles. The number of nitro groups is 1. The van der Waals surface area contributed by atoms with Crippen molar-refractivity contribution in [3.05, 3.63) is 39.4 Å². The van der Waals surface area contributed by atoms with Crippen molar-refractivity contribution in [2.24, 2.45) is 11.8 Å². The maximum Gasteiger partial charge on any atom is 0.308 e. The smallest absolute Gasteiger partial charge is 0.308 e. The number of aryl methyl sites for hydroxylation is 1. The Morgan fingerprint density at radius 2 is 2.04 bits per heavy atom. The number of rotatable bonds is 5. The first kappa shape index (κ1) is 19.4. The first-order chi connectivity index (χ1) is 12.2. The molecule has 2 unspecified atom stereocenters. The van der Waals surface area contributed by atoms with Crippen molar-refractivity contribution in [1.29, 1.82) is 0 Å². The summed E-state index contributed by atoms with van der Waals surface area (Å²) >= 11 is 0. The summed E-state index contributed by atoms with van der Waals surface area (Å²) in [6, 6.07) is 3.96. The van der Waals surface area contributed by atoms with Crippen LogP contribution in [0.3, 0.4) is 0 Å². The molecule has 0 radical (unpaired) electrons. The highest BCUT2D eigenvalue weighted by molar-refractivity contribution is 5.97. The lowest BCUT2D eigenvalue weighted by Gasteiger charge is -2.34. The third-order valence-electron chi connectivity index (χ3n) is 4.42. The summed E-state index contributed by atoms with van der Waals surface area (Å²) in [7, 11) is 0. The molecule has 1 heterocycles. The molecule has 0 aliphatic carbocycles. The largest absolute Gasteiger partial charge is 0.481 e. The lowest BCUT2D eigenvalue weighted by Crippen LogP contribution is -2.48. The maximum absolute atomic E-state index is 12.3. The first-order valence-electron chi connectivity index (χ1n) is 8.22. The molecule has 0 bridgehead atoms. The van der Waals surface area contributed by atoms with Gasteiger partial charge in [0.05, 0.1) is 17.4 Å². The number of carboxylic acids is 1. The van der Waals surface area contributed by atoms with Gasteiger partial charge in [-0.05, 0) is 31.4 Å². The fraction of sp³-hybridized carbons (Fsp3) is 0.471. The average molecular weight is 363 g/mol. The van der Waals surface area contributed by atoms with Crippen molar-refractivity contribution in [1.82, 2.24) is 10.2 Å². The number of piperidine rings is 1. The number of amides is 2. The topological polar surface area (TPSA) is 130 Å². The number of aliphatic carboxylic acids is 1. The van der Waals surface area contributed by atoms with E-state index < -0.39 is 22.7 Å². The van der Waals surface area contributed by atoms with Crippen LogP contribution in [0.15, 0.2) is 18.2 Å². The lowest BCUT2D eigenvalue weighted by molar-refractivity contribution is -0.385. The van der Waals surface area contributed by atoms with Gasteiger partial charge in [0.15, 0.2) is 0 Å². The van der Waals surface area contributed by atoms with Crippen LogP contribution in [0.1, 0.15) is 29.3 Å². The second-order valence-corrected chi connectivity index (χ2v) is 6.62. The summed E-state index contributed by atoms with van der Waals surface area (Å²) in [5, 5.41) is 22.4. The van der Waals surface area contributed by atoms with Gasteiger partial charge in [-0.2, -0.15) is 0 Å². The van der Waals surface area contributed by atoms with Crippen molar-refractivity contribution in [3.63, 3.8) is 0 Å². The van der Waals surface area contributed by atoms with Gasteiger partial charge in [-0.25, -0.2) is 0 Å². The molecule has 0 saturated carbocycles. The SMILES string of the molecule is Cc1cc(C(=O)NCC(=O)N2CC(C)CC(C(=O)O)C2)ccc1[N+](=O)[O-]. The van der Waals surface area contributed by atoms with Crippen LogP contribution in [0, 0.1) is 28.9 Å². The van der Waals surface area contributed by atoms with Crippen LogP contribution >= 0.6 is 0 Å². The van der Waals surface area contributed by atoms with E-state index in [1.54, 1.807) is 0 Å². The van der Waals surface area contributed by atoms with Gasteiger partial charge in [0.2, 0.25) is 5.91 Å². The van der Waals surface area contributed by atoms with E-state index in [-0.39, 0.29) is 36.2 Å². The van der Waals surface area contributed by atoms with Crippen molar-refractivity contribution < 1.29 is 24.4 Å². The Kier molecular flexibility index (Phi) is 5.91. The number of nitro benzene ring substituents is 1. The number of hydrogen-bond donors (Lipinski definition) is 2. The third kappa shape index (κ3) is 4.56. The van der Waals surface area contributed by atoms with Crippen molar-refractivity contribution in [2.75, 3.05) is 19.6 Å². The molecule has 1 aromatic rings. The van der Waals surface area contributed by atoms with Gasteiger partial charge in [-0.3, -0.25) is 24.5 Å². The van der Waals surface area contributed by atoms with Gasteiger partial charge in [0, 0.05) is 30.3 Å². The predicted molar refractivity (Wildman–Crippen MR) is 91.7 cm³/mol. The van der Waals surface area contributed by atoms with Crippen molar-refractivity contribution >= 4 is 23.5 Å². The Morgan fingerprint density at radius 1 is 1.35 bits per heavy atom. The van der Waals surface area contributed by atoms with E-state index in [0.717, 1.165) is 0 Å². The molecule has 9 heteroatoms. The standard InChI is InChI=1S/C17H21N3O6/c1-10-5-13(17(23)24)9-19(8-10)15(21)7-18-16(22)12-3-4-14(20(25)26)11(2)6-12/h3-4,6,10,13H,5,7-9H2,1-2H3,(H,18,22)(H,23,24). The highest BCUT2D eigenvalue weighted by Gasteiger charge is 2.31. The van der Waals surface area contributed by atoms with E-state index in [1.165, 1.54) is 30.0 Å². The molecular formula is C17H21N3O6. The molecule has 2 N–H and O–H groups in total. The van der Waals surface area contributed by atoms with E-state index in [2.05, 4.69) is 5.32 Å². The fourth-order valence-electron chi connectivity index (χ4n) is 3.11. The highest BCUT2D eigenvalue weighted by Crippen LogP contribution is 2.22. The van der Waals surface area contributed by atoms with E-state index in [4.69, 9.17) is 5.11 Å². The minimum Gasteiger partial charge on any atom is -0.481 e. The fourth-order valence-corrected chi connectivity index (χ4v) is 3.11. The summed E-state index contributed by atoms with van der Waals surface area (Å²) < 4.78 is 0. The van der Waals surface area contributed by atoms with Crippen LogP contribution in [0.5, 0.6) is 0 Å². The minimum absolute atomic E-state index is 0.0711. The van der Waals surface area contributed by atoms with Gasteiger partial charge >= 0.3 is 5.97 Å². The molecule has 26 heavy (non-hydrogen) atoms. The van der Waals surface area contributed by atoms with Gasteiger partial charge in [-0.15, -0.1) is 0 Å². The van der Waals surface area contributed by atoms with Crippen molar-refractivity contribution in [2.45, 2.75) is 20.3 Å². The zero-order chi connectivity index (χ0) is 19.4. The number of nitrogens with one attached hydrogen (secondary N) is 1. The average Bonchev–Trinajstić information content (AvgIpc) is 2.58. The molecule has 1 aromatic carbocycles. The summed E-state index contributed by atoms with van der Waals surface area (Å²) in [5.74, 6) is -2.33. The molecule has 9 nitrogen and oxygen atoms in total. The number of hydrogen-bond acceptors (Lipinski definition) is 5. The Hall–Kier alpha value is -2.97. The number of benzene rings is 1. The summed E-state index contributed by atoms with van der Waals surface area (Å²) in [5.41, 5.74) is 0.485. The first-order valence-corrected chi connectivity index (χ1v) is 8.22. The van der Waals surface area contributed by atoms with E-state index in [9.17, 15) is 24.5 Å². The molecule has 2 rings (SSSR count). The summed E-state index contributed by atoms with van der Waals surface area (Å²) in [6.45, 7) is 3.74. The van der Waals surface area contributed by atoms with Crippen LogP contribution in [-0.4, -0.2) is 52.3 Å². The van der Waals surface area contributed by atoms with Gasteiger partial charge in [0.1, 0.15) is 0 Å². The zero-order valence-electron chi connectivity index (χ0n) is 14.6. The highest BCUT2D eigenvalue weighted by atomic mass is 16.6. The molecule has 1 fully saturated rings. The normalized spacial score (nSPS) is 19.7. The molecule has 1 aliphatic heterocycles. The Morgan fingerprint density at radius 3 is 2.62 bits per heavy atom. The third-order valence-corrected chi connectivity index (χ3v) is 4.42. The predicted octanol–water partition coefficient (Wildman–Crippen LogP) is 1.20. The van der Waals surface area contributed by atoms with Crippen LogP contribution in [0.25, 0.3) is 0 Å². The quantitative estimate of drug-likeness (QED) is 0.597. The molecule has 140 valence electrons. The number of likely N-dealkylation sites (tertiary alicyclic amines) is 1. The monoisotopic (exact) mass is 363 g/mol. The van der Waals surface area contributed by atoms with Crippen LogP contribution in [0.2, 0.25) is 0 Å². The number of carbonyl (C=O) groups excluding carboxylic acids is 2. The molecule has 2 atom stereocenters. The summed E-state index contributed by atoms with van der Waals surface area (Å²) in [6.07, 6.45) is 0.521. The van der Waals surface area contributed by atoms with Crippen LogP contribution < -0.4 is 5.32 Å². The van der Waals surface area contributed by atoms with Gasteiger partial charge < -0.3 is 15.3 Å². The molecule has 2 amide bonds. The van der Waals surface area contributed by atoms with E-state index >= 15 is 0 Å². The molecular weight excluding hydrogens is 342 g/mol. The van der Waals surface area contributed by atoms with E-state index in [1.807, 2.05) is 6.92 Å². The molecule has 0 spiro atoms. The maximum atomic E-state index is 12.3. The zero-order valence-corrected chi connectivity index (χ0v) is 14.6. The number of carboxylic acid groups (broad SMARTS) is 1. The Bertz CT molecular complexity index is 748. The Balaban J connectivity index is 1.96. The van der Waals surface area contributed by atoms with Gasteiger partial charge in [0.25, 0.3) is 11.6 Å². The molecule has 1 saturated heterocycles. The second kappa shape index (κ2) is 7.94. The van der Waals surface area contributed by atoms with Crippen LogP contribution in [0.4, 0.5) is 5.69 Å². The number of nitrogens with zero attached hydrogens (tertiary/aromatic N) is 2. The van der Waals surface area contributed by atoms with Crippen molar-refractivity contribution in [3.8, 4) is 0 Å². The van der Waals surface area contributed by atoms with E-state index in [0.29, 0.717) is 18.5 Å². The lowest BCUT2D eigenvalue weighted by atomic mass is 9.90. The second-order valence-electron chi connectivity index (χ2n) is 6.62.